The number of non-ortho nitro benzene ring substituents is 1. The predicted molar refractivity (Wildman–Crippen MR) is 111 cm³/mol. The van der Waals surface area contributed by atoms with Crippen LogP contribution in [0.5, 0.6) is 5.75 Å². The van der Waals surface area contributed by atoms with E-state index in [1.54, 1.807) is 0 Å². The molecule has 0 saturated carbocycles. The minimum atomic E-state index is -0.526. The molecule has 2 aromatic carbocycles. The van der Waals surface area contributed by atoms with Crippen LogP contribution in [0.3, 0.4) is 0 Å². The van der Waals surface area contributed by atoms with Gasteiger partial charge in [-0.05, 0) is 18.6 Å². The van der Waals surface area contributed by atoms with Crippen LogP contribution in [0, 0.1) is 16.0 Å². The molecule has 4 rings (SSSR count). The standard InChI is InChI=1S/C22H20N4O3/c1-22-13-7-6-10-17(22)20(21(25(22)2)15-8-4-3-5-9-15)24-23-18-14-16(26(28)29)11-12-19(18)27/h3-14,17,27H,1-2H3. The molecular formula is C22H20N4O3. The fourth-order valence-corrected chi connectivity index (χ4v) is 3.83. The van der Waals surface area contributed by atoms with Gasteiger partial charge in [-0.25, -0.2) is 0 Å². The lowest BCUT2D eigenvalue weighted by atomic mass is 9.82. The average molecular weight is 388 g/mol. The fraction of sp³-hybridized carbons (Fsp3) is 0.182. The van der Waals surface area contributed by atoms with Gasteiger partial charge >= 0.3 is 0 Å². The zero-order valence-electron chi connectivity index (χ0n) is 16.1. The van der Waals surface area contributed by atoms with Crippen LogP contribution in [0.1, 0.15) is 12.5 Å². The van der Waals surface area contributed by atoms with Gasteiger partial charge in [0.25, 0.3) is 5.69 Å². The van der Waals surface area contributed by atoms with Gasteiger partial charge in [0.1, 0.15) is 11.4 Å². The van der Waals surface area contributed by atoms with Crippen molar-refractivity contribution in [1.29, 1.82) is 0 Å². The fourth-order valence-electron chi connectivity index (χ4n) is 3.83. The van der Waals surface area contributed by atoms with Gasteiger partial charge in [-0.15, -0.1) is 5.11 Å². The second-order valence-corrected chi connectivity index (χ2v) is 7.24. The van der Waals surface area contributed by atoms with E-state index in [0.717, 1.165) is 17.0 Å². The normalized spacial score (nSPS) is 23.1. The molecule has 146 valence electrons. The molecule has 1 aliphatic carbocycles. The molecule has 0 amide bonds. The van der Waals surface area contributed by atoms with E-state index >= 15 is 0 Å². The number of hydrogen-bond acceptors (Lipinski definition) is 6. The Labute approximate surface area is 168 Å². The molecular weight excluding hydrogens is 368 g/mol. The first-order valence-electron chi connectivity index (χ1n) is 9.20. The SMILES string of the molecule is CN1C(c2ccccc2)=C(N=Nc2cc([N+](=O)[O-])ccc2O)C2C=CC=CC21C. The van der Waals surface area contributed by atoms with E-state index < -0.39 is 4.92 Å². The quantitative estimate of drug-likeness (QED) is 0.443. The minimum Gasteiger partial charge on any atom is -0.506 e. The summed E-state index contributed by atoms with van der Waals surface area (Å²) < 4.78 is 0. The Balaban J connectivity index is 1.84. The van der Waals surface area contributed by atoms with Gasteiger partial charge in [0, 0.05) is 19.2 Å². The van der Waals surface area contributed by atoms with Gasteiger partial charge < -0.3 is 10.0 Å². The van der Waals surface area contributed by atoms with Crippen LogP contribution in [0.15, 0.2) is 88.8 Å². The lowest BCUT2D eigenvalue weighted by Gasteiger charge is -2.37. The van der Waals surface area contributed by atoms with Crippen LogP contribution >= 0.6 is 0 Å². The van der Waals surface area contributed by atoms with Crippen molar-refractivity contribution in [2.24, 2.45) is 16.1 Å². The zero-order chi connectivity index (χ0) is 20.6. The van der Waals surface area contributed by atoms with Gasteiger partial charge in [-0.1, -0.05) is 54.6 Å². The van der Waals surface area contributed by atoms with Crippen molar-refractivity contribution in [1.82, 2.24) is 4.90 Å². The number of nitro benzene ring substituents is 1. The average Bonchev–Trinajstić information content (AvgIpc) is 2.95. The summed E-state index contributed by atoms with van der Waals surface area (Å²) >= 11 is 0. The molecule has 7 heteroatoms. The largest absolute Gasteiger partial charge is 0.506 e. The third-order valence-corrected chi connectivity index (χ3v) is 5.56. The van der Waals surface area contributed by atoms with Gasteiger partial charge in [0.2, 0.25) is 0 Å². The van der Waals surface area contributed by atoms with Crippen molar-refractivity contribution < 1.29 is 10.0 Å². The summed E-state index contributed by atoms with van der Waals surface area (Å²) in [5.74, 6) is -0.202. The van der Waals surface area contributed by atoms with Crippen LogP contribution in [0.25, 0.3) is 5.70 Å². The molecule has 2 unspecified atom stereocenters. The minimum absolute atomic E-state index is 0.0442. The van der Waals surface area contributed by atoms with E-state index in [0.29, 0.717) is 0 Å². The topological polar surface area (TPSA) is 91.3 Å². The Kier molecular flexibility index (Phi) is 4.50. The highest BCUT2D eigenvalue weighted by Gasteiger charge is 2.46. The number of nitrogens with zero attached hydrogens (tertiary/aromatic N) is 4. The molecule has 2 atom stereocenters. The summed E-state index contributed by atoms with van der Waals surface area (Å²) in [5, 5.41) is 29.8. The highest BCUT2D eigenvalue weighted by atomic mass is 16.6. The van der Waals surface area contributed by atoms with E-state index in [4.69, 9.17) is 0 Å². The van der Waals surface area contributed by atoms with Gasteiger partial charge in [0.15, 0.2) is 0 Å². The molecule has 1 aliphatic heterocycles. The number of azo groups is 1. The van der Waals surface area contributed by atoms with Crippen LogP contribution in [-0.4, -0.2) is 27.5 Å². The number of nitro groups is 1. The number of likely N-dealkylation sites (N-methyl/N-ethyl adjacent to an activating group) is 1. The number of phenolic OH excluding ortho intramolecular Hbond substituents is 1. The number of hydrogen-bond donors (Lipinski definition) is 1. The lowest BCUT2D eigenvalue weighted by molar-refractivity contribution is -0.384. The maximum atomic E-state index is 11.1. The van der Waals surface area contributed by atoms with Crippen molar-refractivity contribution in [3.8, 4) is 5.75 Å². The maximum Gasteiger partial charge on any atom is 0.271 e. The molecule has 0 spiro atoms. The number of fused-ring (bicyclic) bond motifs is 1. The lowest BCUT2D eigenvalue weighted by Crippen LogP contribution is -2.42. The van der Waals surface area contributed by atoms with Crippen LogP contribution in [0.2, 0.25) is 0 Å². The van der Waals surface area contributed by atoms with E-state index in [1.165, 1.54) is 18.2 Å². The number of benzene rings is 2. The Morgan fingerprint density at radius 3 is 2.62 bits per heavy atom. The Bertz CT molecular complexity index is 1090. The summed E-state index contributed by atoms with van der Waals surface area (Å²) in [5.41, 5.74) is 2.29. The van der Waals surface area contributed by atoms with Gasteiger partial charge in [-0.2, -0.15) is 5.11 Å². The van der Waals surface area contributed by atoms with Gasteiger partial charge in [0.05, 0.1) is 27.8 Å². The van der Waals surface area contributed by atoms with Crippen LogP contribution < -0.4 is 0 Å². The second kappa shape index (κ2) is 7.01. The molecule has 2 aromatic rings. The number of rotatable bonds is 4. The Hall–Kier alpha value is -3.74. The summed E-state index contributed by atoms with van der Waals surface area (Å²) in [4.78, 5) is 12.7. The Morgan fingerprint density at radius 1 is 1.14 bits per heavy atom. The molecule has 0 aromatic heterocycles. The Morgan fingerprint density at radius 2 is 1.90 bits per heavy atom. The van der Waals surface area contributed by atoms with Crippen LogP contribution in [-0.2, 0) is 0 Å². The van der Waals surface area contributed by atoms with Crippen molar-refractivity contribution in [3.63, 3.8) is 0 Å². The summed E-state index contributed by atoms with van der Waals surface area (Å²) in [6.45, 7) is 2.13. The smallest absolute Gasteiger partial charge is 0.271 e. The van der Waals surface area contributed by atoms with Gasteiger partial charge in [-0.3, -0.25) is 10.1 Å². The molecule has 0 saturated heterocycles. The predicted octanol–water partition coefficient (Wildman–Crippen LogP) is 5.20. The second-order valence-electron chi connectivity index (χ2n) is 7.24. The number of aromatic hydroxyl groups is 1. The molecule has 2 aliphatic rings. The van der Waals surface area contributed by atoms with E-state index in [1.807, 2.05) is 49.5 Å². The van der Waals surface area contributed by atoms with Crippen molar-refractivity contribution in [2.75, 3.05) is 7.05 Å². The highest BCUT2D eigenvalue weighted by Crippen LogP contribution is 2.49. The van der Waals surface area contributed by atoms with Crippen molar-refractivity contribution >= 4 is 17.1 Å². The third-order valence-electron chi connectivity index (χ3n) is 5.56. The van der Waals surface area contributed by atoms with E-state index in [-0.39, 0.29) is 28.6 Å². The van der Waals surface area contributed by atoms with Crippen molar-refractivity contribution in [3.05, 3.63) is 94.2 Å². The van der Waals surface area contributed by atoms with Crippen LogP contribution in [0.4, 0.5) is 11.4 Å². The summed E-state index contributed by atoms with van der Waals surface area (Å²) in [6, 6.07) is 13.6. The molecule has 1 N–H and O–H groups in total. The zero-order valence-corrected chi connectivity index (χ0v) is 16.1. The maximum absolute atomic E-state index is 11.1. The monoisotopic (exact) mass is 388 g/mol. The molecule has 1 heterocycles. The number of allylic oxidation sites excluding steroid dienone is 2. The van der Waals surface area contributed by atoms with E-state index in [9.17, 15) is 15.2 Å². The molecule has 7 nitrogen and oxygen atoms in total. The molecule has 0 fully saturated rings. The molecule has 0 bridgehead atoms. The first-order valence-corrected chi connectivity index (χ1v) is 9.20. The summed E-state index contributed by atoms with van der Waals surface area (Å²) in [7, 11) is 2.02. The first kappa shape index (κ1) is 18.6. The molecule has 0 radical (unpaired) electrons. The first-order chi connectivity index (χ1) is 13.9. The van der Waals surface area contributed by atoms with E-state index in [2.05, 4.69) is 34.2 Å². The molecule has 29 heavy (non-hydrogen) atoms. The third kappa shape index (κ3) is 3.10. The highest BCUT2D eigenvalue weighted by molar-refractivity contribution is 5.73. The summed E-state index contributed by atoms with van der Waals surface area (Å²) in [6.07, 6.45) is 8.21. The van der Waals surface area contributed by atoms with Crippen molar-refractivity contribution in [2.45, 2.75) is 12.5 Å². The number of phenols is 1.